The molecule has 1 N–H and O–H groups in total. The van der Waals surface area contributed by atoms with Gasteiger partial charge in [-0.05, 0) is 43.5 Å². The van der Waals surface area contributed by atoms with Gasteiger partial charge in [0.1, 0.15) is 0 Å². The van der Waals surface area contributed by atoms with Crippen molar-refractivity contribution >= 4 is 5.69 Å². The van der Waals surface area contributed by atoms with Gasteiger partial charge in [0.15, 0.2) is 0 Å². The van der Waals surface area contributed by atoms with Crippen LogP contribution in [0.3, 0.4) is 0 Å². The molecule has 0 amide bonds. The maximum Gasteiger partial charge on any atom is 0.0372 e. The van der Waals surface area contributed by atoms with Crippen LogP contribution in [-0.4, -0.2) is 49.6 Å². The summed E-state index contributed by atoms with van der Waals surface area (Å²) in [6.07, 6.45) is 3.85. The zero-order valence-corrected chi connectivity index (χ0v) is 12.0. The minimum absolute atomic E-state index is 1.11. The van der Waals surface area contributed by atoms with Crippen molar-refractivity contribution in [1.82, 2.24) is 9.80 Å². The summed E-state index contributed by atoms with van der Waals surface area (Å²) in [4.78, 5) is 4.99. The molecule has 1 aromatic carbocycles. The molecule has 1 aromatic rings. The number of rotatable bonds is 2. The molecule has 2 aliphatic rings. The fraction of sp³-hybridized carbons (Fsp3) is 0.625. The fourth-order valence-electron chi connectivity index (χ4n) is 3.05. The molecule has 1 fully saturated rings. The Morgan fingerprint density at radius 2 is 1.95 bits per heavy atom. The maximum atomic E-state index is 3.54. The van der Waals surface area contributed by atoms with E-state index < -0.39 is 0 Å². The van der Waals surface area contributed by atoms with E-state index in [0.717, 1.165) is 13.1 Å². The highest BCUT2D eigenvalue weighted by molar-refractivity contribution is 5.53. The zero-order chi connectivity index (χ0) is 13.1. The van der Waals surface area contributed by atoms with Crippen molar-refractivity contribution in [2.75, 3.05) is 45.1 Å². The number of nitrogens with zero attached hydrogens (tertiary/aromatic N) is 2. The summed E-state index contributed by atoms with van der Waals surface area (Å²) in [5.74, 6) is 0. The Balaban J connectivity index is 1.66. The molecule has 0 aliphatic carbocycles. The summed E-state index contributed by atoms with van der Waals surface area (Å²) in [6, 6.07) is 7.01. The molecule has 0 spiro atoms. The zero-order valence-electron chi connectivity index (χ0n) is 12.0. The molecule has 104 valence electrons. The van der Waals surface area contributed by atoms with Gasteiger partial charge in [-0.15, -0.1) is 0 Å². The lowest BCUT2D eigenvalue weighted by atomic mass is 10.0. The minimum Gasteiger partial charge on any atom is -0.385 e. The largest absolute Gasteiger partial charge is 0.385 e. The van der Waals surface area contributed by atoms with E-state index >= 15 is 0 Å². The average molecular weight is 259 g/mol. The van der Waals surface area contributed by atoms with Crippen LogP contribution in [0.15, 0.2) is 18.2 Å². The molecule has 0 unspecified atom stereocenters. The number of hydrogen-bond donors (Lipinski definition) is 1. The summed E-state index contributed by atoms with van der Waals surface area (Å²) < 4.78 is 0. The van der Waals surface area contributed by atoms with Crippen LogP contribution in [0.5, 0.6) is 0 Å². The highest BCUT2D eigenvalue weighted by Gasteiger charge is 2.15. The number of nitrogens with one attached hydrogen (secondary N) is 1. The molecular weight excluding hydrogens is 234 g/mol. The van der Waals surface area contributed by atoms with Crippen LogP contribution in [0.2, 0.25) is 0 Å². The van der Waals surface area contributed by atoms with Crippen molar-refractivity contribution in [3.05, 3.63) is 29.3 Å². The highest BCUT2D eigenvalue weighted by Crippen LogP contribution is 2.23. The number of likely N-dealkylation sites (N-methyl/N-ethyl adjacent to an activating group) is 1. The van der Waals surface area contributed by atoms with Gasteiger partial charge in [-0.1, -0.05) is 12.1 Å². The van der Waals surface area contributed by atoms with Crippen LogP contribution in [0, 0.1) is 0 Å². The van der Waals surface area contributed by atoms with E-state index in [0.29, 0.717) is 0 Å². The standard InChI is InChI=1S/C16H25N3/c1-18-8-10-19(11-9-18)13-14-5-6-16-15(12-14)4-2-3-7-17-16/h5-6,12,17H,2-4,7-11,13H2,1H3. The molecule has 0 radical (unpaired) electrons. The predicted molar refractivity (Wildman–Crippen MR) is 80.6 cm³/mol. The number of benzene rings is 1. The molecule has 0 saturated carbocycles. The first kappa shape index (κ1) is 12.9. The lowest BCUT2D eigenvalue weighted by Crippen LogP contribution is -2.43. The van der Waals surface area contributed by atoms with E-state index in [4.69, 9.17) is 0 Å². The molecule has 0 aromatic heterocycles. The van der Waals surface area contributed by atoms with E-state index in [2.05, 4.69) is 40.4 Å². The SMILES string of the molecule is CN1CCN(Cc2ccc3c(c2)CCCCN3)CC1. The molecule has 1 saturated heterocycles. The van der Waals surface area contributed by atoms with Gasteiger partial charge in [0.25, 0.3) is 0 Å². The Bertz CT molecular complexity index is 422. The first-order valence-electron chi connectivity index (χ1n) is 7.58. The fourth-order valence-corrected chi connectivity index (χ4v) is 3.05. The summed E-state index contributed by atoms with van der Waals surface area (Å²) in [6.45, 7) is 7.04. The smallest absolute Gasteiger partial charge is 0.0372 e. The van der Waals surface area contributed by atoms with Crippen LogP contribution in [0.1, 0.15) is 24.0 Å². The number of piperazine rings is 1. The third-order valence-corrected chi connectivity index (χ3v) is 4.36. The second kappa shape index (κ2) is 5.93. The second-order valence-electron chi connectivity index (χ2n) is 5.95. The number of anilines is 1. The second-order valence-corrected chi connectivity index (χ2v) is 5.95. The summed E-state index contributed by atoms with van der Waals surface area (Å²) in [5, 5.41) is 3.54. The van der Waals surface area contributed by atoms with E-state index in [1.807, 2.05) is 0 Å². The van der Waals surface area contributed by atoms with E-state index in [-0.39, 0.29) is 0 Å². The molecule has 0 atom stereocenters. The van der Waals surface area contributed by atoms with Crippen LogP contribution in [0.25, 0.3) is 0 Å². The molecule has 3 rings (SSSR count). The summed E-state index contributed by atoms with van der Waals surface area (Å²) >= 11 is 0. The van der Waals surface area contributed by atoms with Gasteiger partial charge in [0.05, 0.1) is 0 Å². The number of aryl methyl sites for hydroxylation is 1. The third-order valence-electron chi connectivity index (χ3n) is 4.36. The maximum absolute atomic E-state index is 3.54. The minimum atomic E-state index is 1.11. The lowest BCUT2D eigenvalue weighted by Gasteiger charge is -2.32. The monoisotopic (exact) mass is 259 g/mol. The first-order valence-corrected chi connectivity index (χ1v) is 7.58. The molecule has 3 heteroatoms. The normalized spacial score (nSPS) is 21.5. The van der Waals surface area contributed by atoms with Crippen molar-refractivity contribution in [3.63, 3.8) is 0 Å². The van der Waals surface area contributed by atoms with Gasteiger partial charge >= 0.3 is 0 Å². The molecule has 2 aliphatic heterocycles. The average Bonchev–Trinajstić information content (AvgIpc) is 2.66. The van der Waals surface area contributed by atoms with Crippen molar-refractivity contribution in [3.8, 4) is 0 Å². The molecule has 2 heterocycles. The molecular formula is C16H25N3. The van der Waals surface area contributed by atoms with Gasteiger partial charge in [-0.3, -0.25) is 4.90 Å². The Morgan fingerprint density at radius 3 is 2.79 bits per heavy atom. The summed E-state index contributed by atoms with van der Waals surface area (Å²) in [5.41, 5.74) is 4.36. The van der Waals surface area contributed by atoms with E-state index in [1.165, 1.54) is 62.3 Å². The third kappa shape index (κ3) is 3.28. The van der Waals surface area contributed by atoms with Crippen molar-refractivity contribution in [2.24, 2.45) is 0 Å². The van der Waals surface area contributed by atoms with Crippen LogP contribution in [0.4, 0.5) is 5.69 Å². The van der Waals surface area contributed by atoms with Gasteiger partial charge in [-0.25, -0.2) is 0 Å². The van der Waals surface area contributed by atoms with Crippen molar-refractivity contribution in [2.45, 2.75) is 25.8 Å². The highest BCUT2D eigenvalue weighted by atomic mass is 15.2. The predicted octanol–water partition coefficient (Wildman–Crippen LogP) is 2.18. The summed E-state index contributed by atoms with van der Waals surface area (Å²) in [7, 11) is 2.21. The molecule has 0 bridgehead atoms. The van der Waals surface area contributed by atoms with Crippen molar-refractivity contribution in [1.29, 1.82) is 0 Å². The Hall–Kier alpha value is -1.06. The van der Waals surface area contributed by atoms with Gasteiger partial charge < -0.3 is 10.2 Å². The van der Waals surface area contributed by atoms with Gasteiger partial charge in [0, 0.05) is 45.0 Å². The Kier molecular flexibility index (Phi) is 4.04. The number of fused-ring (bicyclic) bond motifs is 1. The van der Waals surface area contributed by atoms with Crippen LogP contribution in [-0.2, 0) is 13.0 Å². The van der Waals surface area contributed by atoms with Crippen LogP contribution >= 0.6 is 0 Å². The Labute approximate surface area is 116 Å². The van der Waals surface area contributed by atoms with Gasteiger partial charge in [0.2, 0.25) is 0 Å². The number of hydrogen-bond acceptors (Lipinski definition) is 3. The van der Waals surface area contributed by atoms with E-state index in [1.54, 1.807) is 0 Å². The van der Waals surface area contributed by atoms with Gasteiger partial charge in [-0.2, -0.15) is 0 Å². The van der Waals surface area contributed by atoms with Crippen molar-refractivity contribution < 1.29 is 0 Å². The topological polar surface area (TPSA) is 18.5 Å². The van der Waals surface area contributed by atoms with Crippen LogP contribution < -0.4 is 5.32 Å². The lowest BCUT2D eigenvalue weighted by molar-refractivity contribution is 0.148. The quantitative estimate of drug-likeness (QED) is 0.878. The Morgan fingerprint density at radius 1 is 1.11 bits per heavy atom. The molecule has 19 heavy (non-hydrogen) atoms. The van der Waals surface area contributed by atoms with E-state index in [9.17, 15) is 0 Å². The molecule has 3 nitrogen and oxygen atoms in total. The first-order chi connectivity index (χ1) is 9.31.